The number of anilines is 1. The summed E-state index contributed by atoms with van der Waals surface area (Å²) in [5.74, 6) is 0.795. The molecule has 2 aliphatic heterocycles. The largest absolute Gasteiger partial charge is 0.454 e. The number of ether oxygens (including phenoxy) is 2. The van der Waals surface area contributed by atoms with Crippen LogP contribution in [0.15, 0.2) is 60.7 Å². The SMILES string of the molecule is O=C1c2ccccc2[C@H](Nc2ccc(F)c(Cl)c2)N1Cc1ccc2c(c1)OCO2. The molecule has 1 atom stereocenters. The molecule has 1 N–H and O–H groups in total. The van der Waals surface area contributed by atoms with Crippen LogP contribution in [0.2, 0.25) is 5.02 Å². The van der Waals surface area contributed by atoms with Gasteiger partial charge in [-0.05, 0) is 42.0 Å². The molecule has 0 aliphatic carbocycles. The van der Waals surface area contributed by atoms with Gasteiger partial charge in [0.15, 0.2) is 11.5 Å². The number of hydrogen-bond acceptors (Lipinski definition) is 4. The van der Waals surface area contributed by atoms with Gasteiger partial charge in [0.1, 0.15) is 12.0 Å². The van der Waals surface area contributed by atoms with E-state index in [4.69, 9.17) is 21.1 Å². The zero-order valence-corrected chi connectivity index (χ0v) is 15.9. The van der Waals surface area contributed by atoms with Crippen LogP contribution in [0, 0.1) is 5.82 Å². The second kappa shape index (κ2) is 6.97. The van der Waals surface area contributed by atoms with Crippen molar-refractivity contribution < 1.29 is 18.7 Å². The standard InChI is InChI=1S/C22H16ClFN2O3/c23-17-10-14(6-7-18(17)24)25-21-15-3-1-2-4-16(15)22(27)26(21)11-13-5-8-19-20(9-13)29-12-28-19/h1-10,21,25H,11-12H2/t21-/m1/s1. The molecular weight excluding hydrogens is 395 g/mol. The summed E-state index contributed by atoms with van der Waals surface area (Å²) in [6, 6.07) is 17.5. The summed E-state index contributed by atoms with van der Waals surface area (Å²) in [4.78, 5) is 14.8. The van der Waals surface area contributed by atoms with Crippen molar-refractivity contribution in [1.82, 2.24) is 4.90 Å². The van der Waals surface area contributed by atoms with Gasteiger partial charge in [-0.15, -0.1) is 0 Å². The van der Waals surface area contributed by atoms with Crippen LogP contribution in [0.4, 0.5) is 10.1 Å². The summed E-state index contributed by atoms with van der Waals surface area (Å²) in [5.41, 5.74) is 3.04. The fourth-order valence-corrected chi connectivity index (χ4v) is 3.85. The van der Waals surface area contributed by atoms with Gasteiger partial charge < -0.3 is 19.7 Å². The highest BCUT2D eigenvalue weighted by Gasteiger charge is 2.36. The third-order valence-corrected chi connectivity index (χ3v) is 5.36. The molecule has 0 unspecified atom stereocenters. The summed E-state index contributed by atoms with van der Waals surface area (Å²) in [6.45, 7) is 0.569. The maximum atomic E-state index is 13.5. The molecule has 0 spiro atoms. The lowest BCUT2D eigenvalue weighted by Crippen LogP contribution is -2.31. The Morgan fingerprint density at radius 3 is 2.76 bits per heavy atom. The van der Waals surface area contributed by atoms with Crippen molar-refractivity contribution in [2.45, 2.75) is 12.7 Å². The van der Waals surface area contributed by atoms with Crippen LogP contribution < -0.4 is 14.8 Å². The van der Waals surface area contributed by atoms with E-state index >= 15 is 0 Å². The number of halogens is 2. The van der Waals surface area contributed by atoms with Crippen LogP contribution in [0.25, 0.3) is 0 Å². The zero-order chi connectivity index (χ0) is 20.0. The molecule has 3 aromatic rings. The highest BCUT2D eigenvalue weighted by atomic mass is 35.5. The Bertz CT molecular complexity index is 1120. The molecule has 146 valence electrons. The molecule has 0 fully saturated rings. The highest BCUT2D eigenvalue weighted by molar-refractivity contribution is 6.31. The van der Waals surface area contributed by atoms with Gasteiger partial charge in [0.05, 0.1) is 5.02 Å². The lowest BCUT2D eigenvalue weighted by Gasteiger charge is -2.27. The topological polar surface area (TPSA) is 50.8 Å². The van der Waals surface area contributed by atoms with Crippen LogP contribution in [0.3, 0.4) is 0 Å². The first-order valence-electron chi connectivity index (χ1n) is 9.10. The minimum absolute atomic E-state index is 0.0231. The third kappa shape index (κ3) is 3.15. The van der Waals surface area contributed by atoms with Crippen LogP contribution in [-0.4, -0.2) is 17.6 Å². The average Bonchev–Trinajstić information content (AvgIpc) is 3.29. The number of rotatable bonds is 4. The second-order valence-electron chi connectivity index (χ2n) is 6.88. The van der Waals surface area contributed by atoms with Gasteiger partial charge >= 0.3 is 0 Å². The fourth-order valence-electron chi connectivity index (χ4n) is 3.67. The van der Waals surface area contributed by atoms with Crippen LogP contribution in [0.1, 0.15) is 27.7 Å². The van der Waals surface area contributed by atoms with E-state index in [1.54, 1.807) is 11.0 Å². The molecule has 0 saturated heterocycles. The Morgan fingerprint density at radius 1 is 1.07 bits per heavy atom. The smallest absolute Gasteiger partial charge is 0.256 e. The Balaban J connectivity index is 1.48. The van der Waals surface area contributed by atoms with Crippen molar-refractivity contribution in [3.8, 4) is 11.5 Å². The van der Waals surface area contributed by atoms with E-state index in [9.17, 15) is 9.18 Å². The molecule has 3 aromatic carbocycles. The first kappa shape index (κ1) is 17.8. The van der Waals surface area contributed by atoms with Crippen LogP contribution >= 0.6 is 11.6 Å². The molecule has 7 heteroatoms. The maximum absolute atomic E-state index is 13.5. The molecule has 0 bridgehead atoms. The van der Waals surface area contributed by atoms with E-state index < -0.39 is 12.0 Å². The number of carbonyl (C=O) groups is 1. The van der Waals surface area contributed by atoms with E-state index in [0.717, 1.165) is 11.1 Å². The van der Waals surface area contributed by atoms with Crippen molar-refractivity contribution in [2.75, 3.05) is 12.1 Å². The lowest BCUT2D eigenvalue weighted by molar-refractivity contribution is 0.0728. The highest BCUT2D eigenvalue weighted by Crippen LogP contribution is 2.38. The van der Waals surface area contributed by atoms with Crippen molar-refractivity contribution in [2.24, 2.45) is 0 Å². The number of nitrogens with one attached hydrogen (secondary N) is 1. The summed E-state index contributed by atoms with van der Waals surface area (Å²) in [7, 11) is 0. The molecule has 0 saturated carbocycles. The van der Waals surface area contributed by atoms with Crippen molar-refractivity contribution in [1.29, 1.82) is 0 Å². The number of fused-ring (bicyclic) bond motifs is 2. The van der Waals surface area contributed by atoms with Gasteiger partial charge in [0.25, 0.3) is 5.91 Å². The zero-order valence-electron chi connectivity index (χ0n) is 15.2. The number of hydrogen-bond donors (Lipinski definition) is 1. The van der Waals surface area contributed by atoms with Gasteiger partial charge in [-0.3, -0.25) is 4.79 Å². The fraction of sp³-hybridized carbons (Fsp3) is 0.136. The summed E-state index contributed by atoms with van der Waals surface area (Å²) in [5, 5.41) is 3.34. The Labute approximate surface area is 171 Å². The van der Waals surface area contributed by atoms with Crippen molar-refractivity contribution >= 4 is 23.2 Å². The predicted molar refractivity (Wildman–Crippen MR) is 107 cm³/mol. The minimum atomic E-state index is -0.489. The van der Waals surface area contributed by atoms with Gasteiger partial charge in [0, 0.05) is 23.4 Å². The Morgan fingerprint density at radius 2 is 1.90 bits per heavy atom. The number of benzene rings is 3. The normalized spacial score (nSPS) is 16.8. The Kier molecular flexibility index (Phi) is 4.28. The lowest BCUT2D eigenvalue weighted by atomic mass is 10.1. The quantitative estimate of drug-likeness (QED) is 0.659. The first-order chi connectivity index (χ1) is 14.1. The molecule has 5 nitrogen and oxygen atoms in total. The molecule has 2 heterocycles. The number of amides is 1. The van der Waals surface area contributed by atoms with E-state index in [0.29, 0.717) is 29.3 Å². The molecule has 1 amide bonds. The molecule has 2 aliphatic rings. The molecule has 5 rings (SSSR count). The third-order valence-electron chi connectivity index (χ3n) is 5.07. The molecule has 0 radical (unpaired) electrons. The number of nitrogens with zero attached hydrogens (tertiary/aromatic N) is 1. The van der Waals surface area contributed by atoms with Gasteiger partial charge in [0.2, 0.25) is 6.79 Å². The van der Waals surface area contributed by atoms with E-state index in [1.807, 2.05) is 42.5 Å². The second-order valence-corrected chi connectivity index (χ2v) is 7.29. The summed E-state index contributed by atoms with van der Waals surface area (Å²) >= 11 is 5.93. The van der Waals surface area contributed by atoms with Crippen molar-refractivity contribution in [3.63, 3.8) is 0 Å². The van der Waals surface area contributed by atoms with E-state index in [2.05, 4.69) is 5.32 Å². The van der Waals surface area contributed by atoms with Crippen LogP contribution in [-0.2, 0) is 6.54 Å². The summed E-state index contributed by atoms with van der Waals surface area (Å²) in [6.07, 6.45) is -0.411. The monoisotopic (exact) mass is 410 g/mol. The summed E-state index contributed by atoms with van der Waals surface area (Å²) < 4.78 is 24.3. The maximum Gasteiger partial charge on any atom is 0.256 e. The molecular formula is C22H16ClFN2O3. The van der Waals surface area contributed by atoms with Gasteiger partial charge in [-0.1, -0.05) is 35.9 Å². The predicted octanol–water partition coefficient (Wildman–Crippen LogP) is 4.97. The average molecular weight is 411 g/mol. The van der Waals surface area contributed by atoms with Crippen molar-refractivity contribution in [3.05, 3.63) is 88.2 Å². The molecule has 0 aromatic heterocycles. The minimum Gasteiger partial charge on any atom is -0.454 e. The van der Waals surface area contributed by atoms with E-state index in [-0.39, 0.29) is 17.7 Å². The van der Waals surface area contributed by atoms with Gasteiger partial charge in [-0.2, -0.15) is 0 Å². The first-order valence-corrected chi connectivity index (χ1v) is 9.48. The molecule has 29 heavy (non-hydrogen) atoms. The Hall–Kier alpha value is -3.25. The van der Waals surface area contributed by atoms with Crippen LogP contribution in [0.5, 0.6) is 11.5 Å². The van der Waals surface area contributed by atoms with Gasteiger partial charge in [-0.25, -0.2) is 4.39 Å². The number of carbonyl (C=O) groups excluding carboxylic acids is 1. The van der Waals surface area contributed by atoms with E-state index in [1.165, 1.54) is 12.1 Å².